The number of carbonyl (C=O) groups excluding carboxylic acids is 1. The van der Waals surface area contributed by atoms with Crippen LogP contribution in [0.15, 0.2) is 47.6 Å². The molecule has 0 fully saturated rings. The molecule has 2 aromatic carbocycles. The lowest BCUT2D eigenvalue weighted by Gasteiger charge is -2.19. The number of methoxy groups -OCH3 is 2. The van der Waals surface area contributed by atoms with Crippen molar-refractivity contribution in [3.63, 3.8) is 0 Å². The highest BCUT2D eigenvalue weighted by Crippen LogP contribution is 2.37. The van der Waals surface area contributed by atoms with Gasteiger partial charge in [-0.3, -0.25) is 4.79 Å². The molecule has 0 spiro atoms. The molecule has 0 aromatic heterocycles. The number of nitrogens with zero attached hydrogens (tertiary/aromatic N) is 2. The van der Waals surface area contributed by atoms with Crippen molar-refractivity contribution in [3.05, 3.63) is 53.6 Å². The van der Waals surface area contributed by atoms with E-state index in [1.54, 1.807) is 38.5 Å². The van der Waals surface area contributed by atoms with Crippen LogP contribution in [0, 0.1) is 0 Å². The number of benzene rings is 2. The monoisotopic (exact) mass is 326 g/mol. The molecule has 0 radical (unpaired) electrons. The molecule has 6 nitrogen and oxygen atoms in total. The number of amides is 1. The second-order valence-corrected chi connectivity index (χ2v) is 5.38. The largest absolute Gasteiger partial charge is 0.507 e. The fraction of sp³-hybridized carbons (Fsp3) is 0.222. The van der Waals surface area contributed by atoms with Gasteiger partial charge in [0, 0.05) is 12.0 Å². The summed E-state index contributed by atoms with van der Waals surface area (Å²) in [7, 11) is 3.14. The third kappa shape index (κ3) is 2.78. The summed E-state index contributed by atoms with van der Waals surface area (Å²) in [6, 6.07) is 12.2. The van der Waals surface area contributed by atoms with E-state index in [-0.39, 0.29) is 11.8 Å². The zero-order valence-electron chi connectivity index (χ0n) is 13.5. The SMILES string of the molecule is COc1ccc([C@H]2CC(c3ccccc3O)=NN2C=O)cc1OC. The molecule has 124 valence electrons. The van der Waals surface area contributed by atoms with Gasteiger partial charge in [0.15, 0.2) is 11.5 Å². The Hall–Kier alpha value is -3.02. The average Bonchev–Trinajstić information content (AvgIpc) is 3.05. The maximum atomic E-state index is 11.4. The Balaban J connectivity index is 1.93. The van der Waals surface area contributed by atoms with Crippen LogP contribution in [0.4, 0.5) is 0 Å². The van der Waals surface area contributed by atoms with E-state index in [1.807, 2.05) is 18.2 Å². The number of hydrogen-bond donors (Lipinski definition) is 1. The molecule has 6 heteroatoms. The first-order valence-corrected chi connectivity index (χ1v) is 7.49. The number of ether oxygens (including phenoxy) is 2. The Morgan fingerprint density at radius 1 is 1.17 bits per heavy atom. The molecule has 1 N–H and O–H groups in total. The van der Waals surface area contributed by atoms with Crippen LogP contribution in [0.3, 0.4) is 0 Å². The second-order valence-electron chi connectivity index (χ2n) is 5.38. The molecule has 1 atom stereocenters. The number of phenolic OH excluding ortho intramolecular Hbond substituents is 1. The molecule has 1 amide bonds. The van der Waals surface area contributed by atoms with Crippen molar-refractivity contribution in [2.24, 2.45) is 5.10 Å². The molecule has 2 aromatic rings. The summed E-state index contributed by atoms with van der Waals surface area (Å²) in [5, 5.41) is 15.7. The summed E-state index contributed by atoms with van der Waals surface area (Å²) >= 11 is 0. The lowest BCUT2D eigenvalue weighted by Crippen LogP contribution is -2.17. The van der Waals surface area contributed by atoms with Crippen LogP contribution < -0.4 is 9.47 Å². The van der Waals surface area contributed by atoms with E-state index < -0.39 is 0 Å². The first-order chi connectivity index (χ1) is 11.7. The molecule has 3 rings (SSSR count). The molecule has 1 aliphatic rings. The predicted molar refractivity (Wildman–Crippen MR) is 89.5 cm³/mol. The third-order valence-corrected chi connectivity index (χ3v) is 4.06. The van der Waals surface area contributed by atoms with Crippen LogP contribution in [0.1, 0.15) is 23.6 Å². The van der Waals surface area contributed by atoms with Gasteiger partial charge in [0.25, 0.3) is 0 Å². The normalized spacial score (nSPS) is 16.7. The number of hydrogen-bond acceptors (Lipinski definition) is 5. The van der Waals surface area contributed by atoms with Gasteiger partial charge in [0.05, 0.1) is 26.0 Å². The average molecular weight is 326 g/mol. The topological polar surface area (TPSA) is 71.4 Å². The molecular formula is C18H18N2O4. The first-order valence-electron chi connectivity index (χ1n) is 7.49. The first kappa shape index (κ1) is 15.9. The minimum Gasteiger partial charge on any atom is -0.507 e. The number of phenols is 1. The van der Waals surface area contributed by atoms with E-state index in [2.05, 4.69) is 5.10 Å². The van der Waals surface area contributed by atoms with Crippen LogP contribution in [-0.2, 0) is 4.79 Å². The summed E-state index contributed by atoms with van der Waals surface area (Å²) in [5.74, 6) is 1.37. The van der Waals surface area contributed by atoms with E-state index in [0.717, 1.165) is 5.56 Å². The van der Waals surface area contributed by atoms with Gasteiger partial charge in [-0.2, -0.15) is 5.10 Å². The molecule has 0 saturated carbocycles. The third-order valence-electron chi connectivity index (χ3n) is 4.06. The second kappa shape index (κ2) is 6.62. The molecule has 0 bridgehead atoms. The van der Waals surface area contributed by atoms with Gasteiger partial charge in [0.2, 0.25) is 6.41 Å². The van der Waals surface area contributed by atoms with Gasteiger partial charge in [-0.05, 0) is 29.8 Å². The van der Waals surface area contributed by atoms with Crippen molar-refractivity contribution in [1.29, 1.82) is 0 Å². The van der Waals surface area contributed by atoms with Gasteiger partial charge in [-0.25, -0.2) is 5.01 Å². The van der Waals surface area contributed by atoms with Gasteiger partial charge in [-0.1, -0.05) is 18.2 Å². The summed E-state index contributed by atoms with van der Waals surface area (Å²) in [5.41, 5.74) is 2.18. The fourth-order valence-corrected chi connectivity index (χ4v) is 2.84. The van der Waals surface area contributed by atoms with Gasteiger partial charge in [-0.15, -0.1) is 0 Å². The number of para-hydroxylation sites is 1. The van der Waals surface area contributed by atoms with E-state index >= 15 is 0 Å². The Morgan fingerprint density at radius 3 is 2.58 bits per heavy atom. The highest BCUT2D eigenvalue weighted by molar-refractivity contribution is 6.04. The zero-order chi connectivity index (χ0) is 17.1. The van der Waals surface area contributed by atoms with Crippen molar-refractivity contribution in [2.75, 3.05) is 14.2 Å². The van der Waals surface area contributed by atoms with Crippen LogP contribution >= 0.6 is 0 Å². The molecule has 0 saturated heterocycles. The smallest absolute Gasteiger partial charge is 0.230 e. The van der Waals surface area contributed by atoms with Gasteiger partial charge < -0.3 is 14.6 Å². The summed E-state index contributed by atoms with van der Waals surface area (Å²) in [6.07, 6.45) is 1.19. The van der Waals surface area contributed by atoms with E-state index in [9.17, 15) is 9.90 Å². The zero-order valence-corrected chi connectivity index (χ0v) is 13.5. The highest BCUT2D eigenvalue weighted by atomic mass is 16.5. The lowest BCUT2D eigenvalue weighted by molar-refractivity contribution is -0.119. The summed E-state index contributed by atoms with van der Waals surface area (Å²) < 4.78 is 10.6. The molecule has 0 unspecified atom stereocenters. The molecule has 1 aliphatic heterocycles. The van der Waals surface area contributed by atoms with Crippen molar-refractivity contribution in [2.45, 2.75) is 12.5 Å². The number of hydrazone groups is 1. The lowest BCUT2D eigenvalue weighted by atomic mass is 9.98. The maximum Gasteiger partial charge on any atom is 0.230 e. The molecule has 24 heavy (non-hydrogen) atoms. The number of aromatic hydroxyl groups is 1. The molecular weight excluding hydrogens is 308 g/mol. The Morgan fingerprint density at radius 2 is 1.92 bits per heavy atom. The number of rotatable bonds is 5. The van der Waals surface area contributed by atoms with Gasteiger partial charge in [0.1, 0.15) is 5.75 Å². The van der Waals surface area contributed by atoms with Crippen LogP contribution in [0.25, 0.3) is 0 Å². The quantitative estimate of drug-likeness (QED) is 0.858. The molecule has 1 heterocycles. The number of carbonyl (C=O) groups is 1. The van der Waals surface area contributed by atoms with Crippen LogP contribution in [0.2, 0.25) is 0 Å². The Kier molecular flexibility index (Phi) is 4.37. The maximum absolute atomic E-state index is 11.4. The van der Waals surface area contributed by atoms with Crippen LogP contribution in [-0.4, -0.2) is 36.5 Å². The minimum absolute atomic E-state index is 0.148. The summed E-state index contributed by atoms with van der Waals surface area (Å²) in [6.45, 7) is 0. The highest BCUT2D eigenvalue weighted by Gasteiger charge is 2.30. The standard InChI is InChI=1S/C18H18N2O4/c1-23-17-8-7-12(9-18(17)24-2)15-10-14(19-20(15)11-21)13-5-3-4-6-16(13)22/h3-9,11,15,22H,10H2,1-2H3/t15-/m1/s1. The van der Waals surface area contributed by atoms with E-state index in [1.165, 1.54) is 5.01 Å². The van der Waals surface area contributed by atoms with Crippen LogP contribution in [0.5, 0.6) is 17.2 Å². The molecule has 0 aliphatic carbocycles. The summed E-state index contributed by atoms with van der Waals surface area (Å²) in [4.78, 5) is 11.4. The van der Waals surface area contributed by atoms with E-state index in [0.29, 0.717) is 35.6 Å². The van der Waals surface area contributed by atoms with Crippen molar-refractivity contribution in [1.82, 2.24) is 5.01 Å². The van der Waals surface area contributed by atoms with Crippen molar-refractivity contribution < 1.29 is 19.4 Å². The fourth-order valence-electron chi connectivity index (χ4n) is 2.84. The minimum atomic E-state index is -0.253. The predicted octanol–water partition coefficient (Wildman–Crippen LogP) is 2.72. The Bertz CT molecular complexity index is 788. The van der Waals surface area contributed by atoms with E-state index in [4.69, 9.17) is 9.47 Å². The van der Waals surface area contributed by atoms with Crippen molar-refractivity contribution in [3.8, 4) is 17.2 Å². The van der Waals surface area contributed by atoms with Gasteiger partial charge >= 0.3 is 0 Å². The Labute approximate surface area is 139 Å². The van der Waals surface area contributed by atoms with Crippen molar-refractivity contribution >= 4 is 12.1 Å².